The van der Waals surface area contributed by atoms with E-state index in [0.717, 1.165) is 16.9 Å². The summed E-state index contributed by atoms with van der Waals surface area (Å²) in [5.41, 5.74) is 1.88. The van der Waals surface area contributed by atoms with E-state index < -0.39 is 12.1 Å². The molecule has 136 valence electrons. The molecular formula is C20H20O6. The van der Waals surface area contributed by atoms with Crippen LogP contribution in [0.1, 0.15) is 17.2 Å². The lowest BCUT2D eigenvalue weighted by atomic mass is 10.0. The number of carbonyl (C=O) groups is 1. The lowest BCUT2D eigenvalue weighted by Gasteiger charge is -2.20. The zero-order chi connectivity index (χ0) is 18.5. The van der Waals surface area contributed by atoms with E-state index >= 15 is 0 Å². The lowest BCUT2D eigenvalue weighted by molar-refractivity contribution is -0.137. The van der Waals surface area contributed by atoms with Gasteiger partial charge in [0.05, 0.1) is 26.4 Å². The number of methoxy groups -OCH3 is 2. The fraction of sp³-hybridized carbons (Fsp3) is 0.250. The summed E-state index contributed by atoms with van der Waals surface area (Å²) in [5.74, 6) is 1.51. The summed E-state index contributed by atoms with van der Waals surface area (Å²) < 4.78 is 26.7. The van der Waals surface area contributed by atoms with E-state index in [1.807, 2.05) is 30.3 Å². The van der Waals surface area contributed by atoms with Gasteiger partial charge in [-0.15, -0.1) is 0 Å². The van der Waals surface area contributed by atoms with Crippen LogP contribution >= 0.6 is 0 Å². The summed E-state index contributed by atoms with van der Waals surface area (Å²) in [6.07, 6.45) is -0.668. The minimum absolute atomic E-state index is 0.175. The first-order chi connectivity index (χ1) is 12.6. The average molecular weight is 356 g/mol. The van der Waals surface area contributed by atoms with Crippen LogP contribution in [0.5, 0.6) is 17.2 Å². The fourth-order valence-corrected chi connectivity index (χ4v) is 2.61. The smallest absolute Gasteiger partial charge is 0.336 e. The van der Waals surface area contributed by atoms with Crippen molar-refractivity contribution in [3.05, 3.63) is 65.7 Å². The molecule has 6 heteroatoms. The molecular weight excluding hydrogens is 336 g/mol. The number of rotatable bonds is 7. The van der Waals surface area contributed by atoms with Gasteiger partial charge in [-0.2, -0.15) is 0 Å². The Morgan fingerprint density at radius 2 is 1.85 bits per heavy atom. The highest BCUT2D eigenvalue weighted by molar-refractivity contribution is 5.89. The molecule has 1 unspecified atom stereocenters. The zero-order valence-corrected chi connectivity index (χ0v) is 14.7. The Labute approximate surface area is 151 Å². The summed E-state index contributed by atoms with van der Waals surface area (Å²) in [5, 5.41) is 0. The predicted octanol–water partition coefficient (Wildman–Crippen LogP) is 3.41. The van der Waals surface area contributed by atoms with Crippen molar-refractivity contribution in [1.82, 2.24) is 0 Å². The van der Waals surface area contributed by atoms with Crippen molar-refractivity contribution in [3.8, 4) is 17.2 Å². The van der Waals surface area contributed by atoms with Gasteiger partial charge in [0.15, 0.2) is 11.5 Å². The molecule has 1 aliphatic heterocycles. The van der Waals surface area contributed by atoms with Crippen molar-refractivity contribution < 1.29 is 28.5 Å². The van der Waals surface area contributed by atoms with Gasteiger partial charge in [-0.1, -0.05) is 24.8 Å². The molecule has 0 saturated heterocycles. The van der Waals surface area contributed by atoms with Crippen LogP contribution in [0, 0.1) is 0 Å². The summed E-state index contributed by atoms with van der Waals surface area (Å²) in [4.78, 5) is 12.0. The van der Waals surface area contributed by atoms with Crippen molar-refractivity contribution in [1.29, 1.82) is 0 Å². The normalized spacial score (nSPS) is 13.2. The number of benzene rings is 2. The van der Waals surface area contributed by atoms with Crippen LogP contribution in [0.2, 0.25) is 0 Å². The molecule has 1 atom stereocenters. The predicted molar refractivity (Wildman–Crippen MR) is 94.2 cm³/mol. The van der Waals surface area contributed by atoms with Crippen LogP contribution in [0.15, 0.2) is 54.6 Å². The van der Waals surface area contributed by atoms with Crippen LogP contribution < -0.4 is 14.2 Å². The second-order valence-corrected chi connectivity index (χ2v) is 5.67. The number of esters is 1. The molecule has 0 aliphatic carbocycles. The number of ether oxygens (including phenoxy) is 5. The minimum Gasteiger partial charge on any atom is -0.497 e. The largest absolute Gasteiger partial charge is 0.497 e. The first-order valence-electron chi connectivity index (χ1n) is 8.03. The van der Waals surface area contributed by atoms with Gasteiger partial charge in [0, 0.05) is 0 Å². The number of carbonyl (C=O) groups excluding carboxylic acids is 1. The molecule has 0 fully saturated rings. The Morgan fingerprint density at radius 1 is 1.12 bits per heavy atom. The van der Waals surface area contributed by atoms with E-state index in [4.69, 9.17) is 23.7 Å². The van der Waals surface area contributed by atoms with Crippen LogP contribution in [0.3, 0.4) is 0 Å². The number of hydrogen-bond acceptors (Lipinski definition) is 6. The molecule has 0 spiro atoms. The zero-order valence-electron chi connectivity index (χ0n) is 14.7. The third-order valence-corrected chi connectivity index (χ3v) is 4.04. The minimum atomic E-state index is -0.668. The van der Waals surface area contributed by atoms with Crippen LogP contribution in [-0.2, 0) is 20.9 Å². The number of hydrogen-bond donors (Lipinski definition) is 0. The molecule has 6 nitrogen and oxygen atoms in total. The molecule has 0 saturated carbocycles. The maximum Gasteiger partial charge on any atom is 0.336 e. The van der Waals surface area contributed by atoms with Gasteiger partial charge in [0.2, 0.25) is 6.79 Å². The fourth-order valence-electron chi connectivity index (χ4n) is 2.61. The molecule has 0 N–H and O–H groups in total. The van der Waals surface area contributed by atoms with Crippen molar-refractivity contribution in [2.24, 2.45) is 0 Å². The molecule has 1 aliphatic rings. The van der Waals surface area contributed by atoms with Gasteiger partial charge in [0.25, 0.3) is 0 Å². The Balaban J connectivity index is 1.81. The molecule has 1 heterocycles. The Hall–Kier alpha value is -2.99. The summed E-state index contributed by atoms with van der Waals surface area (Å²) in [7, 11) is 2.93. The second kappa shape index (κ2) is 7.93. The topological polar surface area (TPSA) is 63.2 Å². The molecule has 3 rings (SSSR count). The average Bonchev–Trinajstić information content (AvgIpc) is 3.15. The van der Waals surface area contributed by atoms with E-state index in [-0.39, 0.29) is 12.4 Å². The highest BCUT2D eigenvalue weighted by atomic mass is 16.7. The summed E-state index contributed by atoms with van der Waals surface area (Å²) >= 11 is 0. The Bertz CT molecular complexity index is 796. The van der Waals surface area contributed by atoms with Crippen molar-refractivity contribution in [2.45, 2.75) is 12.7 Å². The van der Waals surface area contributed by atoms with Gasteiger partial charge in [-0.3, -0.25) is 0 Å². The number of fused-ring (bicyclic) bond motifs is 1. The van der Waals surface area contributed by atoms with Crippen LogP contribution in [-0.4, -0.2) is 27.0 Å². The molecule has 2 aromatic carbocycles. The molecule has 0 radical (unpaired) electrons. The second-order valence-electron chi connectivity index (χ2n) is 5.67. The van der Waals surface area contributed by atoms with Gasteiger partial charge in [-0.25, -0.2) is 4.79 Å². The van der Waals surface area contributed by atoms with Crippen molar-refractivity contribution >= 4 is 5.97 Å². The maximum absolute atomic E-state index is 12.0. The Morgan fingerprint density at radius 3 is 2.54 bits per heavy atom. The Kier molecular flexibility index (Phi) is 5.43. The quantitative estimate of drug-likeness (QED) is 0.560. The van der Waals surface area contributed by atoms with E-state index in [0.29, 0.717) is 18.1 Å². The summed E-state index contributed by atoms with van der Waals surface area (Å²) in [6, 6.07) is 12.9. The van der Waals surface area contributed by atoms with E-state index in [1.54, 1.807) is 19.2 Å². The molecule has 0 amide bonds. The van der Waals surface area contributed by atoms with Crippen LogP contribution in [0.4, 0.5) is 0 Å². The first-order valence-corrected chi connectivity index (χ1v) is 8.03. The maximum atomic E-state index is 12.0. The standard InChI is InChI=1S/C20H20O6/c1-13(20(21)23-3)19(15-6-9-17-18(10-15)26-12-25-17)24-11-14-4-7-16(22-2)8-5-14/h4-10,19H,1,11-12H2,2-3H3. The molecule has 26 heavy (non-hydrogen) atoms. The highest BCUT2D eigenvalue weighted by Crippen LogP contribution is 2.37. The van der Waals surface area contributed by atoms with E-state index in [2.05, 4.69) is 6.58 Å². The van der Waals surface area contributed by atoms with E-state index in [9.17, 15) is 4.79 Å². The lowest BCUT2D eigenvalue weighted by Crippen LogP contribution is -2.15. The molecule has 0 bridgehead atoms. The SMILES string of the molecule is C=C(C(=O)OC)C(OCc1ccc(OC)cc1)c1ccc2c(c1)OCO2. The molecule has 0 aromatic heterocycles. The van der Waals surface area contributed by atoms with E-state index in [1.165, 1.54) is 7.11 Å². The van der Waals surface area contributed by atoms with Crippen molar-refractivity contribution in [2.75, 3.05) is 21.0 Å². The third-order valence-electron chi connectivity index (χ3n) is 4.04. The monoisotopic (exact) mass is 356 g/mol. The summed E-state index contributed by atoms with van der Waals surface area (Å²) in [6.45, 7) is 4.31. The van der Waals surface area contributed by atoms with Crippen LogP contribution in [0.25, 0.3) is 0 Å². The third kappa shape index (κ3) is 3.81. The first kappa shape index (κ1) is 17.8. The highest BCUT2D eigenvalue weighted by Gasteiger charge is 2.25. The van der Waals surface area contributed by atoms with Gasteiger partial charge < -0.3 is 23.7 Å². The van der Waals surface area contributed by atoms with Gasteiger partial charge in [0.1, 0.15) is 11.9 Å². The van der Waals surface area contributed by atoms with Gasteiger partial charge in [-0.05, 0) is 35.4 Å². The molecule has 2 aromatic rings. The van der Waals surface area contributed by atoms with Crippen molar-refractivity contribution in [3.63, 3.8) is 0 Å². The van der Waals surface area contributed by atoms with Gasteiger partial charge >= 0.3 is 5.97 Å².